The highest BCUT2D eigenvalue weighted by Gasteiger charge is 2.21. The molecule has 2 aromatic rings. The molecule has 0 spiro atoms. The molecule has 0 amide bonds. The van der Waals surface area contributed by atoms with Crippen LogP contribution in [0.1, 0.15) is 10.4 Å². The van der Waals surface area contributed by atoms with Crippen LogP contribution in [0.5, 0.6) is 11.6 Å². The Labute approximate surface area is 135 Å². The zero-order valence-corrected chi connectivity index (χ0v) is 13.3. The molecule has 0 saturated heterocycles. The van der Waals surface area contributed by atoms with E-state index in [1.807, 2.05) is 0 Å². The van der Waals surface area contributed by atoms with Crippen molar-refractivity contribution in [1.29, 1.82) is 0 Å². The number of pyridine rings is 1. The number of benzene rings is 1. The molecule has 1 aromatic carbocycles. The highest BCUT2D eigenvalue weighted by atomic mass is 79.9. The van der Waals surface area contributed by atoms with Gasteiger partial charge in [-0.1, -0.05) is 15.9 Å². The molecule has 9 heteroatoms. The number of carbonyl (C=O) groups is 1. The topological polar surface area (TPSA) is 103 Å². The molecule has 0 bridgehead atoms. The maximum absolute atomic E-state index is 11.2. The molecule has 2 rings (SSSR count). The van der Waals surface area contributed by atoms with E-state index in [2.05, 4.69) is 36.8 Å². The van der Waals surface area contributed by atoms with Crippen LogP contribution in [0.2, 0.25) is 0 Å². The Kier molecular flexibility index (Phi) is 4.53. The Morgan fingerprint density at radius 3 is 2.62 bits per heavy atom. The van der Waals surface area contributed by atoms with Gasteiger partial charge in [0.05, 0.1) is 4.92 Å². The van der Waals surface area contributed by atoms with Crippen LogP contribution in [0.4, 0.5) is 5.69 Å². The molecule has 0 radical (unpaired) electrons. The van der Waals surface area contributed by atoms with Crippen molar-refractivity contribution in [2.24, 2.45) is 0 Å². The average molecular weight is 418 g/mol. The highest BCUT2D eigenvalue weighted by molar-refractivity contribution is 9.10. The molecule has 0 saturated carbocycles. The smallest absolute Gasteiger partial charge is 0.339 e. The van der Waals surface area contributed by atoms with Gasteiger partial charge < -0.3 is 9.84 Å². The fourth-order valence-electron chi connectivity index (χ4n) is 1.49. The molecule has 108 valence electrons. The first kappa shape index (κ1) is 15.4. The van der Waals surface area contributed by atoms with Crippen molar-refractivity contribution in [2.75, 3.05) is 0 Å². The number of carboxylic acid groups (broad SMARTS) is 1. The number of ether oxygens (including phenoxy) is 1. The van der Waals surface area contributed by atoms with Crippen molar-refractivity contribution in [1.82, 2.24) is 4.98 Å². The second-order valence-electron chi connectivity index (χ2n) is 3.78. The first-order valence-electron chi connectivity index (χ1n) is 5.39. The van der Waals surface area contributed by atoms with Gasteiger partial charge in [0.25, 0.3) is 5.88 Å². The fraction of sp³-hybridized carbons (Fsp3) is 0. The van der Waals surface area contributed by atoms with Gasteiger partial charge in [0.2, 0.25) is 0 Å². The predicted molar refractivity (Wildman–Crippen MR) is 79.8 cm³/mol. The summed E-state index contributed by atoms with van der Waals surface area (Å²) in [6.07, 6.45) is 1.32. The summed E-state index contributed by atoms with van der Waals surface area (Å²) in [5.74, 6) is -1.54. The van der Waals surface area contributed by atoms with Crippen molar-refractivity contribution in [2.45, 2.75) is 0 Å². The van der Waals surface area contributed by atoms with Crippen LogP contribution in [0.25, 0.3) is 0 Å². The van der Waals surface area contributed by atoms with Gasteiger partial charge >= 0.3 is 11.7 Å². The van der Waals surface area contributed by atoms with E-state index in [1.54, 1.807) is 6.07 Å². The normalized spacial score (nSPS) is 10.2. The van der Waals surface area contributed by atoms with Gasteiger partial charge in [0.1, 0.15) is 11.3 Å². The lowest BCUT2D eigenvalue weighted by Crippen LogP contribution is -2.02. The molecule has 1 aromatic heterocycles. The van der Waals surface area contributed by atoms with E-state index in [-0.39, 0.29) is 22.9 Å². The molecule has 1 N–H and O–H groups in total. The lowest BCUT2D eigenvalue weighted by molar-refractivity contribution is -0.386. The van der Waals surface area contributed by atoms with Crippen LogP contribution in [0.15, 0.2) is 39.4 Å². The summed E-state index contributed by atoms with van der Waals surface area (Å²) in [6.45, 7) is 0. The lowest BCUT2D eigenvalue weighted by Gasteiger charge is -2.08. The van der Waals surface area contributed by atoms with Crippen molar-refractivity contribution >= 4 is 43.5 Å². The van der Waals surface area contributed by atoms with E-state index in [0.717, 1.165) is 0 Å². The van der Waals surface area contributed by atoms with Gasteiger partial charge in [0, 0.05) is 21.2 Å². The zero-order valence-electron chi connectivity index (χ0n) is 10.1. The van der Waals surface area contributed by atoms with E-state index >= 15 is 0 Å². The third kappa shape index (κ3) is 3.56. The minimum absolute atomic E-state index is 0.0383. The van der Waals surface area contributed by atoms with E-state index in [9.17, 15) is 14.9 Å². The number of aromatic carboxylic acids is 1. The van der Waals surface area contributed by atoms with Crippen LogP contribution in [-0.4, -0.2) is 21.0 Å². The predicted octanol–water partition coefficient (Wildman–Crippen LogP) is 4.01. The molecule has 7 nitrogen and oxygen atoms in total. The van der Waals surface area contributed by atoms with Crippen LogP contribution in [-0.2, 0) is 0 Å². The SMILES string of the molecule is O=C(O)c1cc(Br)ccc1Oc1ncc(Br)cc1[N+](=O)[O-]. The summed E-state index contributed by atoms with van der Waals surface area (Å²) in [7, 11) is 0. The Hall–Kier alpha value is -2.00. The summed E-state index contributed by atoms with van der Waals surface area (Å²) in [5, 5.41) is 20.1. The summed E-state index contributed by atoms with van der Waals surface area (Å²) in [4.78, 5) is 25.3. The number of nitrogens with zero attached hydrogens (tertiary/aromatic N) is 2. The molecule has 0 aliphatic rings. The largest absolute Gasteiger partial charge is 0.478 e. The molecule has 1 heterocycles. The number of hydrogen-bond donors (Lipinski definition) is 1. The second-order valence-corrected chi connectivity index (χ2v) is 5.61. The first-order chi connectivity index (χ1) is 9.88. The highest BCUT2D eigenvalue weighted by Crippen LogP contribution is 2.33. The van der Waals surface area contributed by atoms with Crippen molar-refractivity contribution in [3.8, 4) is 11.6 Å². The fourth-order valence-corrected chi connectivity index (χ4v) is 2.17. The molecule has 21 heavy (non-hydrogen) atoms. The maximum atomic E-state index is 11.2. The van der Waals surface area contributed by atoms with Crippen LogP contribution >= 0.6 is 31.9 Å². The molecule has 0 aliphatic carbocycles. The molecular weight excluding hydrogens is 412 g/mol. The summed E-state index contributed by atoms with van der Waals surface area (Å²) in [5.41, 5.74) is -0.507. The van der Waals surface area contributed by atoms with Crippen molar-refractivity contribution in [3.05, 3.63) is 55.1 Å². The summed E-state index contributed by atoms with van der Waals surface area (Å²) in [6, 6.07) is 5.51. The van der Waals surface area contributed by atoms with Crippen LogP contribution in [0.3, 0.4) is 0 Å². The Morgan fingerprint density at radius 2 is 2.00 bits per heavy atom. The lowest BCUT2D eigenvalue weighted by atomic mass is 10.2. The van der Waals surface area contributed by atoms with Crippen LogP contribution < -0.4 is 4.74 Å². The number of rotatable bonds is 4. The number of carboxylic acids is 1. The van der Waals surface area contributed by atoms with Gasteiger partial charge in [-0.3, -0.25) is 10.1 Å². The molecule has 0 fully saturated rings. The van der Waals surface area contributed by atoms with Crippen LogP contribution in [0, 0.1) is 10.1 Å². The minimum Gasteiger partial charge on any atom is -0.478 e. The Balaban J connectivity index is 2.48. The van der Waals surface area contributed by atoms with E-state index in [1.165, 1.54) is 24.4 Å². The number of hydrogen-bond acceptors (Lipinski definition) is 5. The Morgan fingerprint density at radius 1 is 1.29 bits per heavy atom. The average Bonchev–Trinajstić information content (AvgIpc) is 2.42. The summed E-state index contributed by atoms with van der Waals surface area (Å²) < 4.78 is 6.26. The van der Waals surface area contributed by atoms with E-state index in [4.69, 9.17) is 9.84 Å². The monoisotopic (exact) mass is 416 g/mol. The molecule has 0 aliphatic heterocycles. The van der Waals surface area contributed by atoms with Gasteiger partial charge in [-0.25, -0.2) is 9.78 Å². The number of aromatic nitrogens is 1. The molecule has 0 unspecified atom stereocenters. The van der Waals surface area contributed by atoms with Gasteiger partial charge in [0.15, 0.2) is 0 Å². The van der Waals surface area contributed by atoms with Crippen molar-refractivity contribution < 1.29 is 19.6 Å². The second kappa shape index (κ2) is 6.19. The quantitative estimate of drug-likeness (QED) is 0.595. The third-order valence-electron chi connectivity index (χ3n) is 2.37. The third-order valence-corrected chi connectivity index (χ3v) is 3.30. The Bertz CT molecular complexity index is 674. The van der Waals surface area contributed by atoms with Crippen molar-refractivity contribution in [3.63, 3.8) is 0 Å². The zero-order chi connectivity index (χ0) is 15.6. The first-order valence-corrected chi connectivity index (χ1v) is 6.97. The van der Waals surface area contributed by atoms with E-state index < -0.39 is 10.9 Å². The molecule has 0 atom stereocenters. The van der Waals surface area contributed by atoms with E-state index in [0.29, 0.717) is 8.95 Å². The number of halogens is 2. The maximum Gasteiger partial charge on any atom is 0.339 e. The molecular formula is C12H6Br2N2O5. The van der Waals surface area contributed by atoms with Gasteiger partial charge in [-0.2, -0.15) is 0 Å². The van der Waals surface area contributed by atoms with Gasteiger partial charge in [-0.05, 0) is 34.1 Å². The van der Waals surface area contributed by atoms with Gasteiger partial charge in [-0.15, -0.1) is 0 Å². The summed E-state index contributed by atoms with van der Waals surface area (Å²) >= 11 is 6.22. The standard InChI is InChI=1S/C12H6Br2N2O5/c13-6-1-2-10(8(3-6)12(17)18)21-11-9(16(19)20)4-7(14)5-15-11/h1-5H,(H,17,18). The number of nitro groups is 1. The minimum atomic E-state index is -1.22.